The summed E-state index contributed by atoms with van der Waals surface area (Å²) >= 11 is 0. The smallest absolute Gasteiger partial charge is 0.321 e. The van der Waals surface area contributed by atoms with Gasteiger partial charge in [0.1, 0.15) is 11.7 Å². The van der Waals surface area contributed by atoms with Crippen LogP contribution in [0.2, 0.25) is 0 Å². The molecule has 0 spiro atoms. The van der Waals surface area contributed by atoms with Crippen molar-refractivity contribution in [3.63, 3.8) is 0 Å². The molecule has 0 saturated carbocycles. The third-order valence-electron chi connectivity index (χ3n) is 4.36. The number of nitrogens with one attached hydrogen (secondary N) is 1. The molecule has 1 atom stereocenters. The molecule has 0 aliphatic heterocycles. The molecule has 0 bridgehead atoms. The molecule has 7 nitrogen and oxygen atoms in total. The first-order valence-corrected chi connectivity index (χ1v) is 9.10. The SMILES string of the molecule is CCCCCNC(=O)N(C)c1cccc(-c2cnc(C(C)C(=O)O)nc2)c1. The fourth-order valence-electron chi connectivity index (χ4n) is 2.52. The van der Waals surface area contributed by atoms with Crippen molar-refractivity contribution in [3.8, 4) is 11.1 Å². The molecule has 1 unspecified atom stereocenters. The lowest BCUT2D eigenvalue weighted by Crippen LogP contribution is -2.37. The number of carboxylic acid groups (broad SMARTS) is 1. The van der Waals surface area contributed by atoms with Crippen LogP contribution in [0.25, 0.3) is 11.1 Å². The Morgan fingerprint density at radius 1 is 1.19 bits per heavy atom. The average Bonchev–Trinajstić information content (AvgIpc) is 2.70. The van der Waals surface area contributed by atoms with Crippen LogP contribution in [0.15, 0.2) is 36.7 Å². The van der Waals surface area contributed by atoms with Gasteiger partial charge in [0.05, 0.1) is 0 Å². The summed E-state index contributed by atoms with van der Waals surface area (Å²) in [5, 5.41) is 12.0. The molecule has 7 heteroatoms. The number of rotatable bonds is 8. The normalized spacial score (nSPS) is 11.7. The van der Waals surface area contributed by atoms with Crippen molar-refractivity contribution in [2.45, 2.75) is 39.0 Å². The molecule has 1 aromatic carbocycles. The molecule has 2 amide bonds. The Morgan fingerprint density at radius 3 is 2.52 bits per heavy atom. The second-order valence-corrected chi connectivity index (χ2v) is 6.44. The number of urea groups is 1. The van der Waals surface area contributed by atoms with Crippen LogP contribution in [0, 0.1) is 0 Å². The van der Waals surface area contributed by atoms with E-state index in [0.717, 1.165) is 36.1 Å². The van der Waals surface area contributed by atoms with E-state index < -0.39 is 11.9 Å². The third-order valence-corrected chi connectivity index (χ3v) is 4.36. The number of unbranched alkanes of at least 4 members (excludes halogenated alkanes) is 2. The van der Waals surface area contributed by atoms with E-state index in [-0.39, 0.29) is 11.9 Å². The van der Waals surface area contributed by atoms with Gasteiger partial charge in [-0.15, -0.1) is 0 Å². The number of carbonyl (C=O) groups excluding carboxylic acids is 1. The highest BCUT2D eigenvalue weighted by atomic mass is 16.4. The number of carboxylic acids is 1. The second-order valence-electron chi connectivity index (χ2n) is 6.44. The minimum atomic E-state index is -0.962. The van der Waals surface area contributed by atoms with Crippen molar-refractivity contribution in [1.82, 2.24) is 15.3 Å². The van der Waals surface area contributed by atoms with Crippen LogP contribution in [0.3, 0.4) is 0 Å². The summed E-state index contributed by atoms with van der Waals surface area (Å²) in [5.74, 6) is -1.45. The van der Waals surface area contributed by atoms with E-state index in [2.05, 4.69) is 22.2 Å². The Balaban J connectivity index is 2.10. The highest BCUT2D eigenvalue weighted by Gasteiger charge is 2.17. The fourth-order valence-corrected chi connectivity index (χ4v) is 2.52. The van der Waals surface area contributed by atoms with Gasteiger partial charge in [0.15, 0.2) is 0 Å². The van der Waals surface area contributed by atoms with Crippen LogP contribution in [-0.2, 0) is 4.79 Å². The van der Waals surface area contributed by atoms with Crippen molar-refractivity contribution < 1.29 is 14.7 Å². The lowest BCUT2D eigenvalue weighted by Gasteiger charge is -2.19. The van der Waals surface area contributed by atoms with Crippen LogP contribution >= 0.6 is 0 Å². The van der Waals surface area contributed by atoms with Gasteiger partial charge in [0.2, 0.25) is 0 Å². The van der Waals surface area contributed by atoms with Crippen LogP contribution in [0.1, 0.15) is 44.9 Å². The van der Waals surface area contributed by atoms with Crippen molar-refractivity contribution in [2.24, 2.45) is 0 Å². The highest BCUT2D eigenvalue weighted by Crippen LogP contribution is 2.24. The largest absolute Gasteiger partial charge is 0.481 e. The zero-order valence-corrected chi connectivity index (χ0v) is 16.0. The summed E-state index contributed by atoms with van der Waals surface area (Å²) in [6, 6.07) is 7.35. The van der Waals surface area contributed by atoms with Gasteiger partial charge in [-0.25, -0.2) is 14.8 Å². The monoisotopic (exact) mass is 370 g/mol. The van der Waals surface area contributed by atoms with Gasteiger partial charge >= 0.3 is 12.0 Å². The number of amides is 2. The maximum absolute atomic E-state index is 12.3. The summed E-state index contributed by atoms with van der Waals surface area (Å²) in [5.41, 5.74) is 2.37. The minimum absolute atomic E-state index is 0.148. The zero-order valence-electron chi connectivity index (χ0n) is 16.0. The Bertz CT molecular complexity index is 777. The molecule has 0 aliphatic carbocycles. The highest BCUT2D eigenvalue weighted by molar-refractivity contribution is 5.92. The van der Waals surface area contributed by atoms with Crippen molar-refractivity contribution in [1.29, 1.82) is 0 Å². The first-order chi connectivity index (χ1) is 12.9. The number of nitrogens with zero attached hydrogens (tertiary/aromatic N) is 3. The lowest BCUT2D eigenvalue weighted by molar-refractivity contribution is -0.138. The lowest BCUT2D eigenvalue weighted by atomic mass is 10.1. The minimum Gasteiger partial charge on any atom is -0.481 e. The number of carbonyl (C=O) groups is 2. The Morgan fingerprint density at radius 2 is 1.89 bits per heavy atom. The topological polar surface area (TPSA) is 95.4 Å². The van der Waals surface area contributed by atoms with Crippen molar-refractivity contribution >= 4 is 17.7 Å². The number of hydrogen-bond donors (Lipinski definition) is 2. The van der Waals surface area contributed by atoms with Crippen LogP contribution in [0.4, 0.5) is 10.5 Å². The summed E-state index contributed by atoms with van der Waals surface area (Å²) in [6.07, 6.45) is 6.38. The van der Waals surface area contributed by atoms with Crippen molar-refractivity contribution in [3.05, 3.63) is 42.5 Å². The number of aromatic nitrogens is 2. The molecular weight excluding hydrogens is 344 g/mol. The van der Waals surface area contributed by atoms with Crippen LogP contribution < -0.4 is 10.2 Å². The van der Waals surface area contributed by atoms with E-state index in [0.29, 0.717) is 6.54 Å². The zero-order chi connectivity index (χ0) is 19.8. The van der Waals surface area contributed by atoms with Crippen LogP contribution in [-0.4, -0.2) is 40.7 Å². The predicted molar refractivity (Wildman–Crippen MR) is 105 cm³/mol. The molecule has 1 aromatic heterocycles. The summed E-state index contributed by atoms with van der Waals surface area (Å²) < 4.78 is 0. The number of benzene rings is 1. The average molecular weight is 370 g/mol. The molecular formula is C20H26N4O3. The van der Waals surface area contributed by atoms with Gasteiger partial charge in [-0.1, -0.05) is 31.9 Å². The molecule has 2 rings (SSSR count). The first-order valence-electron chi connectivity index (χ1n) is 9.10. The van der Waals surface area contributed by atoms with E-state index >= 15 is 0 Å². The summed E-state index contributed by atoms with van der Waals surface area (Å²) in [6.45, 7) is 4.33. The summed E-state index contributed by atoms with van der Waals surface area (Å²) in [4.78, 5) is 33.2. The third kappa shape index (κ3) is 5.51. The van der Waals surface area contributed by atoms with Gasteiger partial charge in [-0.2, -0.15) is 0 Å². The van der Waals surface area contributed by atoms with E-state index in [1.54, 1.807) is 31.3 Å². The molecule has 0 fully saturated rings. The second kappa shape index (κ2) is 9.66. The first kappa shape index (κ1) is 20.4. The Hall–Kier alpha value is -2.96. The van der Waals surface area contributed by atoms with E-state index in [1.165, 1.54) is 0 Å². The molecule has 2 N–H and O–H groups in total. The predicted octanol–water partition coefficient (Wildman–Crippen LogP) is 3.67. The van der Waals surface area contributed by atoms with Gasteiger partial charge < -0.3 is 10.4 Å². The number of aliphatic carboxylic acids is 1. The molecule has 144 valence electrons. The molecule has 27 heavy (non-hydrogen) atoms. The maximum Gasteiger partial charge on any atom is 0.321 e. The molecule has 0 radical (unpaired) electrons. The number of anilines is 1. The van der Waals surface area contributed by atoms with E-state index in [1.807, 2.05) is 24.3 Å². The number of hydrogen-bond acceptors (Lipinski definition) is 4. The van der Waals surface area contributed by atoms with Gasteiger partial charge in [-0.3, -0.25) is 9.69 Å². The molecule has 0 saturated heterocycles. The van der Waals surface area contributed by atoms with Gasteiger partial charge in [0.25, 0.3) is 0 Å². The maximum atomic E-state index is 12.3. The van der Waals surface area contributed by atoms with Crippen LogP contribution in [0.5, 0.6) is 0 Å². The van der Waals surface area contributed by atoms with Gasteiger partial charge in [0, 0.05) is 37.2 Å². The van der Waals surface area contributed by atoms with E-state index in [9.17, 15) is 9.59 Å². The molecule has 0 aliphatic rings. The standard InChI is InChI=1S/C20H26N4O3/c1-4-5-6-10-21-20(27)24(3)17-9-7-8-15(11-17)16-12-22-18(23-13-16)14(2)19(25)26/h7-9,11-14H,4-6,10H2,1-3H3,(H,21,27)(H,25,26). The molecule has 2 aromatic rings. The van der Waals surface area contributed by atoms with E-state index in [4.69, 9.17) is 5.11 Å². The summed E-state index contributed by atoms with van der Waals surface area (Å²) in [7, 11) is 1.72. The Labute approximate surface area is 159 Å². The Kier molecular flexibility index (Phi) is 7.28. The fraction of sp³-hybridized carbons (Fsp3) is 0.400. The quantitative estimate of drug-likeness (QED) is 0.691. The molecule has 1 heterocycles. The van der Waals surface area contributed by atoms with Crippen molar-refractivity contribution in [2.75, 3.05) is 18.5 Å². The van der Waals surface area contributed by atoms with Gasteiger partial charge in [-0.05, 0) is 31.0 Å².